The van der Waals surface area contributed by atoms with Crippen LogP contribution in [0.25, 0.3) is 11.3 Å². The average Bonchev–Trinajstić information content (AvgIpc) is 3.02. The Hall–Kier alpha value is -3.08. The van der Waals surface area contributed by atoms with Crippen LogP contribution in [0.1, 0.15) is 17.0 Å². The van der Waals surface area contributed by atoms with Gasteiger partial charge in [-0.3, -0.25) is 0 Å². The molecule has 0 aliphatic carbocycles. The van der Waals surface area contributed by atoms with Gasteiger partial charge in [-0.15, -0.1) is 0 Å². The Labute approximate surface area is 141 Å². The van der Waals surface area contributed by atoms with Gasteiger partial charge in [-0.1, -0.05) is 36.4 Å². The van der Waals surface area contributed by atoms with Gasteiger partial charge >= 0.3 is 0 Å². The molecule has 0 bridgehead atoms. The summed E-state index contributed by atoms with van der Waals surface area (Å²) in [5.74, 6) is 1.15. The van der Waals surface area contributed by atoms with E-state index in [1.165, 1.54) is 11.1 Å². The van der Waals surface area contributed by atoms with Gasteiger partial charge in [-0.2, -0.15) is 0 Å². The summed E-state index contributed by atoms with van der Waals surface area (Å²) >= 11 is 0. The summed E-state index contributed by atoms with van der Waals surface area (Å²) in [5, 5.41) is 3.12. The molecule has 5 heteroatoms. The van der Waals surface area contributed by atoms with Gasteiger partial charge < -0.3 is 16.0 Å². The zero-order chi connectivity index (χ0) is 16.9. The number of nitrogens with zero attached hydrogens (tertiary/aromatic N) is 2. The third-order valence-corrected chi connectivity index (χ3v) is 3.61. The predicted octanol–water partition coefficient (Wildman–Crippen LogP) is 3.62. The molecular formula is C19H21N5. The van der Waals surface area contributed by atoms with Gasteiger partial charge in [0.15, 0.2) is 5.96 Å². The average molecular weight is 319 g/mol. The number of guanidine groups is 1. The van der Waals surface area contributed by atoms with Crippen molar-refractivity contribution in [2.24, 2.45) is 10.7 Å². The summed E-state index contributed by atoms with van der Waals surface area (Å²) in [5.41, 5.74) is 11.4. The van der Waals surface area contributed by atoms with E-state index in [-0.39, 0.29) is 0 Å². The lowest BCUT2D eigenvalue weighted by molar-refractivity contribution is 0.947. The molecule has 0 fully saturated rings. The quantitative estimate of drug-likeness (QED) is 0.507. The molecule has 0 unspecified atom stereocenters. The topological polar surface area (TPSA) is 79.1 Å². The van der Waals surface area contributed by atoms with E-state index in [0.29, 0.717) is 12.5 Å². The molecule has 0 spiro atoms. The second-order valence-electron chi connectivity index (χ2n) is 5.81. The number of anilines is 1. The molecule has 4 N–H and O–H groups in total. The Morgan fingerprint density at radius 3 is 2.54 bits per heavy atom. The zero-order valence-electron chi connectivity index (χ0n) is 13.9. The zero-order valence-corrected chi connectivity index (χ0v) is 13.9. The summed E-state index contributed by atoms with van der Waals surface area (Å²) in [6.07, 6.45) is 1.81. The monoisotopic (exact) mass is 319 g/mol. The van der Waals surface area contributed by atoms with Crippen LogP contribution in [-0.2, 0) is 6.54 Å². The smallest absolute Gasteiger partial charge is 0.193 e. The molecule has 3 rings (SSSR count). The highest BCUT2D eigenvalue weighted by atomic mass is 15.1. The molecule has 0 saturated carbocycles. The third kappa shape index (κ3) is 4.01. The Kier molecular flexibility index (Phi) is 4.61. The maximum Gasteiger partial charge on any atom is 0.193 e. The first-order chi connectivity index (χ1) is 11.6. The normalized spacial score (nSPS) is 11.5. The minimum atomic E-state index is 0.373. The molecule has 1 heterocycles. The molecule has 2 aromatic carbocycles. The van der Waals surface area contributed by atoms with E-state index in [1.54, 1.807) is 0 Å². The van der Waals surface area contributed by atoms with Gasteiger partial charge in [0.25, 0.3) is 0 Å². The number of H-pyrrole nitrogens is 1. The van der Waals surface area contributed by atoms with Crippen molar-refractivity contribution >= 4 is 11.6 Å². The molecular weight excluding hydrogens is 298 g/mol. The van der Waals surface area contributed by atoms with Crippen molar-refractivity contribution in [1.29, 1.82) is 0 Å². The van der Waals surface area contributed by atoms with Crippen LogP contribution in [0.2, 0.25) is 0 Å². The van der Waals surface area contributed by atoms with Crippen LogP contribution >= 0.6 is 0 Å². The number of benzene rings is 2. The summed E-state index contributed by atoms with van der Waals surface area (Å²) < 4.78 is 0. The van der Waals surface area contributed by atoms with Crippen LogP contribution in [0.15, 0.2) is 59.7 Å². The van der Waals surface area contributed by atoms with E-state index in [0.717, 1.165) is 22.8 Å². The first-order valence-corrected chi connectivity index (χ1v) is 7.85. The molecule has 5 nitrogen and oxygen atoms in total. The first-order valence-electron chi connectivity index (χ1n) is 7.85. The van der Waals surface area contributed by atoms with Gasteiger partial charge in [0.2, 0.25) is 0 Å². The molecule has 0 radical (unpaired) electrons. The lowest BCUT2D eigenvalue weighted by Gasteiger charge is -2.07. The van der Waals surface area contributed by atoms with Crippen molar-refractivity contribution in [1.82, 2.24) is 9.97 Å². The van der Waals surface area contributed by atoms with Gasteiger partial charge in [0.1, 0.15) is 12.4 Å². The summed E-state index contributed by atoms with van der Waals surface area (Å²) in [7, 11) is 0. The number of aromatic nitrogens is 2. The number of imidazole rings is 1. The number of rotatable bonds is 4. The van der Waals surface area contributed by atoms with E-state index in [4.69, 9.17) is 5.73 Å². The van der Waals surface area contributed by atoms with E-state index < -0.39 is 0 Å². The molecule has 24 heavy (non-hydrogen) atoms. The number of aromatic amines is 1. The molecule has 0 aliphatic rings. The number of nitrogens with one attached hydrogen (secondary N) is 2. The fourth-order valence-corrected chi connectivity index (χ4v) is 2.60. The van der Waals surface area contributed by atoms with Crippen molar-refractivity contribution < 1.29 is 0 Å². The minimum absolute atomic E-state index is 0.373. The SMILES string of the molecule is Cc1cc(C)cc(NC(N)=NCc2ncc(-c3ccccc3)[nH]2)c1. The molecule has 1 aromatic heterocycles. The fourth-order valence-electron chi connectivity index (χ4n) is 2.60. The number of hydrogen-bond acceptors (Lipinski definition) is 2. The van der Waals surface area contributed by atoms with Crippen LogP contribution in [-0.4, -0.2) is 15.9 Å². The Bertz CT molecular complexity index is 829. The number of aliphatic imine (C=N–C) groups is 1. The van der Waals surface area contributed by atoms with Crippen molar-refractivity contribution in [3.8, 4) is 11.3 Å². The van der Waals surface area contributed by atoms with E-state index >= 15 is 0 Å². The van der Waals surface area contributed by atoms with Crippen molar-refractivity contribution in [2.75, 3.05) is 5.32 Å². The lowest BCUT2D eigenvalue weighted by Crippen LogP contribution is -2.22. The Balaban J connectivity index is 1.66. The van der Waals surface area contributed by atoms with Crippen LogP contribution in [0.3, 0.4) is 0 Å². The molecule has 122 valence electrons. The maximum absolute atomic E-state index is 5.97. The van der Waals surface area contributed by atoms with Crippen LogP contribution in [0.4, 0.5) is 5.69 Å². The first kappa shape index (κ1) is 15.8. The second kappa shape index (κ2) is 7.00. The highest BCUT2D eigenvalue weighted by Gasteiger charge is 2.03. The van der Waals surface area contributed by atoms with Crippen LogP contribution < -0.4 is 11.1 Å². The van der Waals surface area contributed by atoms with E-state index in [1.807, 2.05) is 48.7 Å². The largest absolute Gasteiger partial charge is 0.370 e. The third-order valence-electron chi connectivity index (χ3n) is 3.61. The molecule has 3 aromatic rings. The Morgan fingerprint density at radius 1 is 1.12 bits per heavy atom. The summed E-state index contributed by atoms with van der Waals surface area (Å²) in [6, 6.07) is 16.3. The fraction of sp³-hybridized carbons (Fsp3) is 0.158. The second-order valence-corrected chi connectivity index (χ2v) is 5.81. The van der Waals surface area contributed by atoms with Crippen molar-refractivity contribution in [3.63, 3.8) is 0 Å². The maximum atomic E-state index is 5.97. The van der Waals surface area contributed by atoms with Gasteiger partial charge in [-0.05, 0) is 42.7 Å². The van der Waals surface area contributed by atoms with Crippen LogP contribution in [0, 0.1) is 13.8 Å². The summed E-state index contributed by atoms with van der Waals surface area (Å²) in [6.45, 7) is 4.51. The van der Waals surface area contributed by atoms with E-state index in [9.17, 15) is 0 Å². The Morgan fingerprint density at radius 2 is 1.83 bits per heavy atom. The lowest BCUT2D eigenvalue weighted by atomic mass is 10.1. The van der Waals surface area contributed by atoms with Gasteiger partial charge in [-0.25, -0.2) is 9.98 Å². The van der Waals surface area contributed by atoms with E-state index in [2.05, 4.69) is 40.2 Å². The minimum Gasteiger partial charge on any atom is -0.370 e. The standard InChI is InChI=1S/C19H21N5/c1-13-8-14(2)10-16(9-13)23-19(20)22-12-18-21-11-17(24-18)15-6-4-3-5-7-15/h3-11H,12H2,1-2H3,(H,21,24)(H3,20,22,23). The van der Waals surface area contributed by atoms with Crippen LogP contribution in [0.5, 0.6) is 0 Å². The van der Waals surface area contributed by atoms with Crippen molar-refractivity contribution in [2.45, 2.75) is 20.4 Å². The highest BCUT2D eigenvalue weighted by molar-refractivity contribution is 5.92. The number of nitrogens with two attached hydrogens (primary N) is 1. The molecule has 0 saturated heterocycles. The predicted molar refractivity (Wildman–Crippen MR) is 98.9 cm³/mol. The molecule has 0 amide bonds. The van der Waals surface area contributed by atoms with Gasteiger partial charge in [0.05, 0.1) is 11.9 Å². The molecule has 0 aliphatic heterocycles. The molecule has 0 atom stereocenters. The number of aryl methyl sites for hydroxylation is 2. The highest BCUT2D eigenvalue weighted by Crippen LogP contribution is 2.16. The van der Waals surface area contributed by atoms with Gasteiger partial charge in [0, 0.05) is 5.69 Å². The van der Waals surface area contributed by atoms with Crippen molar-refractivity contribution in [3.05, 3.63) is 71.7 Å². The summed E-state index contributed by atoms with van der Waals surface area (Å²) in [4.78, 5) is 12.0. The number of hydrogen-bond donors (Lipinski definition) is 3.